The molecular weight excluding hydrogens is 268 g/mol. The van der Waals surface area contributed by atoms with Gasteiger partial charge in [0.25, 0.3) is 10.1 Å². The van der Waals surface area contributed by atoms with Crippen LogP contribution in [0.1, 0.15) is 58.3 Å². The summed E-state index contributed by atoms with van der Waals surface area (Å²) in [6.07, 6.45) is 5.61. The molecule has 2 N–H and O–H groups in total. The maximum atomic E-state index is 11.7. The van der Waals surface area contributed by atoms with E-state index in [-0.39, 0.29) is 6.61 Å². The van der Waals surface area contributed by atoms with Crippen LogP contribution < -0.4 is 0 Å². The molecule has 0 heterocycles. The van der Waals surface area contributed by atoms with Gasteiger partial charge in [-0.2, -0.15) is 8.42 Å². The molecule has 0 aliphatic carbocycles. The van der Waals surface area contributed by atoms with Crippen molar-refractivity contribution >= 4 is 10.1 Å². The summed E-state index contributed by atoms with van der Waals surface area (Å²) in [4.78, 5) is 0. The summed E-state index contributed by atoms with van der Waals surface area (Å²) < 4.78 is 27.9. The highest BCUT2D eigenvalue weighted by Crippen LogP contribution is 2.19. The predicted molar refractivity (Wildman–Crippen MR) is 75.4 cm³/mol. The highest BCUT2D eigenvalue weighted by molar-refractivity contribution is 7.87. The van der Waals surface area contributed by atoms with Crippen LogP contribution in [0.3, 0.4) is 0 Å². The summed E-state index contributed by atoms with van der Waals surface area (Å²) in [5, 5.41) is 17.6. The molecule has 2 unspecified atom stereocenters. The van der Waals surface area contributed by atoms with Crippen molar-refractivity contribution in [3.05, 3.63) is 0 Å². The molecule has 19 heavy (non-hydrogen) atoms. The Labute approximate surface area is 117 Å². The molecule has 0 aromatic rings. The van der Waals surface area contributed by atoms with Crippen LogP contribution in [0.15, 0.2) is 0 Å². The number of aliphatic hydroxyl groups is 2. The maximum absolute atomic E-state index is 11.7. The standard InChI is InChI=1S/C13H28O5S/c1-3-12(15)13(19(16,17)18-2)10-8-6-4-5-7-9-11-14/h12-15H,3-11H2,1-2H3. The fourth-order valence-corrected chi connectivity index (χ4v) is 3.36. The van der Waals surface area contributed by atoms with Crippen LogP contribution in [0.5, 0.6) is 0 Å². The summed E-state index contributed by atoms with van der Waals surface area (Å²) in [7, 11) is -2.52. The van der Waals surface area contributed by atoms with Gasteiger partial charge in [0.15, 0.2) is 0 Å². The minimum atomic E-state index is -3.66. The Morgan fingerprint density at radius 3 is 2.05 bits per heavy atom. The van der Waals surface area contributed by atoms with Crippen LogP contribution >= 0.6 is 0 Å². The topological polar surface area (TPSA) is 83.8 Å². The molecule has 0 spiro atoms. The third kappa shape index (κ3) is 7.87. The lowest BCUT2D eigenvalue weighted by atomic mass is 10.0. The van der Waals surface area contributed by atoms with E-state index in [2.05, 4.69) is 4.18 Å². The molecule has 2 atom stereocenters. The van der Waals surface area contributed by atoms with Crippen LogP contribution in [0, 0.1) is 0 Å². The highest BCUT2D eigenvalue weighted by Gasteiger charge is 2.30. The lowest BCUT2D eigenvalue weighted by Crippen LogP contribution is -2.34. The molecule has 5 nitrogen and oxygen atoms in total. The Bertz CT molecular complexity index is 302. The van der Waals surface area contributed by atoms with E-state index in [0.29, 0.717) is 12.8 Å². The molecule has 0 saturated carbocycles. The normalized spacial score (nSPS) is 15.4. The predicted octanol–water partition coefficient (Wildman–Crippen LogP) is 1.83. The van der Waals surface area contributed by atoms with Crippen molar-refractivity contribution in [1.29, 1.82) is 0 Å². The first-order valence-electron chi connectivity index (χ1n) is 7.08. The first kappa shape index (κ1) is 18.8. The van der Waals surface area contributed by atoms with Crippen molar-refractivity contribution in [3.8, 4) is 0 Å². The van der Waals surface area contributed by atoms with E-state index in [4.69, 9.17) is 5.11 Å². The van der Waals surface area contributed by atoms with Gasteiger partial charge >= 0.3 is 0 Å². The third-order valence-electron chi connectivity index (χ3n) is 3.35. The Balaban J connectivity index is 4.02. The molecule has 0 aliphatic heterocycles. The number of aliphatic hydroxyl groups excluding tert-OH is 2. The van der Waals surface area contributed by atoms with Crippen molar-refractivity contribution in [3.63, 3.8) is 0 Å². The summed E-state index contributed by atoms with van der Waals surface area (Å²) in [5.74, 6) is 0. The second-order valence-corrected chi connectivity index (χ2v) is 6.73. The fourth-order valence-electron chi connectivity index (χ4n) is 2.08. The second-order valence-electron chi connectivity index (χ2n) is 4.81. The first-order chi connectivity index (χ1) is 8.99. The van der Waals surface area contributed by atoms with Crippen molar-refractivity contribution < 1.29 is 22.8 Å². The molecule has 0 saturated heterocycles. The van der Waals surface area contributed by atoms with E-state index < -0.39 is 21.5 Å². The highest BCUT2D eigenvalue weighted by atomic mass is 32.2. The van der Waals surface area contributed by atoms with Crippen molar-refractivity contribution in [1.82, 2.24) is 0 Å². The van der Waals surface area contributed by atoms with Gasteiger partial charge in [-0.05, 0) is 19.3 Å². The van der Waals surface area contributed by atoms with Gasteiger partial charge in [-0.1, -0.05) is 39.0 Å². The molecular formula is C13H28O5S. The summed E-state index contributed by atoms with van der Waals surface area (Å²) in [5.41, 5.74) is 0. The average molecular weight is 296 g/mol. The van der Waals surface area contributed by atoms with Crippen molar-refractivity contribution in [2.45, 2.75) is 69.6 Å². The quantitative estimate of drug-likeness (QED) is 0.424. The monoisotopic (exact) mass is 296 g/mol. The first-order valence-corrected chi connectivity index (χ1v) is 8.55. The Morgan fingerprint density at radius 2 is 1.58 bits per heavy atom. The smallest absolute Gasteiger partial charge is 0.272 e. The third-order valence-corrected chi connectivity index (χ3v) is 5.10. The summed E-state index contributed by atoms with van der Waals surface area (Å²) in [6, 6.07) is 0. The molecule has 0 aromatic heterocycles. The summed E-state index contributed by atoms with van der Waals surface area (Å²) >= 11 is 0. The molecule has 116 valence electrons. The number of hydrogen-bond acceptors (Lipinski definition) is 5. The van der Waals surface area contributed by atoms with Crippen molar-refractivity contribution in [2.24, 2.45) is 0 Å². The zero-order valence-corrected chi connectivity index (χ0v) is 12.9. The molecule has 0 amide bonds. The zero-order valence-electron chi connectivity index (χ0n) is 12.0. The molecule has 0 bridgehead atoms. The minimum absolute atomic E-state index is 0.233. The van der Waals surface area contributed by atoms with Crippen LogP contribution in [0.25, 0.3) is 0 Å². The van der Waals surface area contributed by atoms with Gasteiger partial charge in [0.05, 0.1) is 13.2 Å². The van der Waals surface area contributed by atoms with Gasteiger partial charge in [0.1, 0.15) is 5.25 Å². The van der Waals surface area contributed by atoms with E-state index in [1.54, 1.807) is 6.92 Å². The van der Waals surface area contributed by atoms with E-state index >= 15 is 0 Å². The SMILES string of the molecule is CCC(O)C(CCCCCCCCO)S(=O)(=O)OC. The molecule has 0 aliphatic rings. The molecule has 0 radical (unpaired) electrons. The lowest BCUT2D eigenvalue weighted by molar-refractivity contribution is 0.154. The van der Waals surface area contributed by atoms with E-state index in [0.717, 1.165) is 45.6 Å². The fraction of sp³-hybridized carbons (Fsp3) is 1.00. The zero-order chi connectivity index (χ0) is 14.7. The van der Waals surface area contributed by atoms with Gasteiger partial charge in [-0.25, -0.2) is 0 Å². The van der Waals surface area contributed by atoms with Gasteiger partial charge in [0.2, 0.25) is 0 Å². The van der Waals surface area contributed by atoms with Crippen LogP contribution in [0.4, 0.5) is 0 Å². The number of hydrogen-bond donors (Lipinski definition) is 2. The van der Waals surface area contributed by atoms with Gasteiger partial charge in [-0.3, -0.25) is 4.18 Å². The van der Waals surface area contributed by atoms with E-state index in [9.17, 15) is 13.5 Å². The Hall–Kier alpha value is -0.170. The van der Waals surface area contributed by atoms with E-state index in [1.807, 2.05) is 0 Å². The molecule has 0 aromatic carbocycles. The largest absolute Gasteiger partial charge is 0.396 e. The molecule has 6 heteroatoms. The van der Waals surface area contributed by atoms with Crippen LogP contribution in [0.2, 0.25) is 0 Å². The Kier molecular flexibility index (Phi) is 10.5. The number of rotatable bonds is 12. The van der Waals surface area contributed by atoms with Crippen molar-refractivity contribution in [2.75, 3.05) is 13.7 Å². The molecule has 0 fully saturated rings. The maximum Gasteiger partial charge on any atom is 0.272 e. The lowest BCUT2D eigenvalue weighted by Gasteiger charge is -2.20. The number of unbranched alkanes of at least 4 members (excludes halogenated alkanes) is 5. The molecule has 0 rings (SSSR count). The average Bonchev–Trinajstić information content (AvgIpc) is 2.41. The second kappa shape index (κ2) is 10.6. The Morgan fingerprint density at radius 1 is 1.05 bits per heavy atom. The summed E-state index contributed by atoms with van der Waals surface area (Å²) in [6.45, 7) is 1.99. The minimum Gasteiger partial charge on any atom is -0.396 e. The van der Waals surface area contributed by atoms with E-state index in [1.165, 1.54) is 0 Å². The van der Waals surface area contributed by atoms with Gasteiger partial charge in [-0.15, -0.1) is 0 Å². The van der Waals surface area contributed by atoms with Crippen LogP contribution in [-0.4, -0.2) is 43.7 Å². The van der Waals surface area contributed by atoms with Gasteiger partial charge < -0.3 is 10.2 Å². The van der Waals surface area contributed by atoms with Gasteiger partial charge in [0, 0.05) is 6.61 Å². The van der Waals surface area contributed by atoms with Crippen LogP contribution in [-0.2, 0) is 14.3 Å².